The Bertz CT molecular complexity index is 1210. The normalized spacial score (nSPS) is 24.1. The van der Waals surface area contributed by atoms with E-state index in [-0.39, 0.29) is 42.2 Å². The van der Waals surface area contributed by atoms with Crippen molar-refractivity contribution in [3.8, 4) is 11.1 Å². The van der Waals surface area contributed by atoms with E-state index in [0.717, 1.165) is 61.9 Å². The predicted molar refractivity (Wildman–Crippen MR) is 140 cm³/mol. The number of carbonyl (C=O) groups excluding carboxylic acids is 3. The first-order chi connectivity index (χ1) is 18.4. The van der Waals surface area contributed by atoms with Crippen LogP contribution in [0.25, 0.3) is 11.1 Å². The van der Waals surface area contributed by atoms with Crippen LogP contribution in [0.4, 0.5) is 9.18 Å². The van der Waals surface area contributed by atoms with E-state index in [4.69, 9.17) is 0 Å². The van der Waals surface area contributed by atoms with Crippen LogP contribution >= 0.6 is 0 Å². The summed E-state index contributed by atoms with van der Waals surface area (Å²) in [6.45, 7) is 2.68. The van der Waals surface area contributed by atoms with Crippen molar-refractivity contribution in [2.45, 2.75) is 44.3 Å². The molecule has 3 heterocycles. The molecule has 4 amide bonds. The number of halogens is 1. The van der Waals surface area contributed by atoms with Crippen molar-refractivity contribution < 1.29 is 18.8 Å². The van der Waals surface area contributed by atoms with Gasteiger partial charge in [-0.25, -0.2) is 14.2 Å². The molecule has 4 aliphatic rings. The molecule has 2 atom stereocenters. The van der Waals surface area contributed by atoms with E-state index in [1.54, 1.807) is 29.1 Å². The molecule has 38 heavy (non-hydrogen) atoms. The van der Waals surface area contributed by atoms with Crippen molar-refractivity contribution in [1.29, 1.82) is 0 Å². The van der Waals surface area contributed by atoms with E-state index in [0.29, 0.717) is 13.1 Å². The summed E-state index contributed by atoms with van der Waals surface area (Å²) in [5.74, 6) is 0.0532. The molecule has 8 nitrogen and oxygen atoms in total. The van der Waals surface area contributed by atoms with Gasteiger partial charge in [0.1, 0.15) is 18.5 Å². The number of hydrogen-bond donors (Lipinski definition) is 0. The standard InChI is InChI=1S/C29H34FN5O3/c1-31-27(22-6-4-20(5-7-22)21-10-12-24(30)13-11-21)35(25-14-17-33(18-25)28(37)23-8-9-23)34(29(31)38)19-26(36)32-15-2-3-16-32/h4-7,10-13,23,25,27H,2-3,8-9,14-19H2,1H3. The van der Waals surface area contributed by atoms with E-state index < -0.39 is 6.17 Å². The Morgan fingerprint density at radius 2 is 1.50 bits per heavy atom. The Morgan fingerprint density at radius 1 is 0.868 bits per heavy atom. The predicted octanol–water partition coefficient (Wildman–Crippen LogP) is 3.71. The van der Waals surface area contributed by atoms with Gasteiger partial charge in [0.2, 0.25) is 11.8 Å². The van der Waals surface area contributed by atoms with E-state index in [1.807, 2.05) is 39.1 Å². The molecule has 0 spiro atoms. The highest BCUT2D eigenvalue weighted by Crippen LogP contribution is 2.39. The molecule has 1 saturated carbocycles. The molecule has 0 radical (unpaired) electrons. The quantitative estimate of drug-likeness (QED) is 0.584. The number of hydrazine groups is 1. The minimum Gasteiger partial charge on any atom is -0.341 e. The smallest absolute Gasteiger partial charge is 0.336 e. The van der Waals surface area contributed by atoms with Gasteiger partial charge in [0.15, 0.2) is 0 Å². The fourth-order valence-electron chi connectivity index (χ4n) is 6.05. The van der Waals surface area contributed by atoms with Crippen molar-refractivity contribution in [2.75, 3.05) is 39.8 Å². The first kappa shape index (κ1) is 24.9. The Labute approximate surface area is 222 Å². The van der Waals surface area contributed by atoms with Crippen LogP contribution in [0.15, 0.2) is 48.5 Å². The summed E-state index contributed by atoms with van der Waals surface area (Å²) in [5, 5.41) is 3.65. The van der Waals surface area contributed by atoms with Gasteiger partial charge < -0.3 is 14.7 Å². The largest absolute Gasteiger partial charge is 0.341 e. The minimum absolute atomic E-state index is 0.000405. The molecule has 6 rings (SSSR count). The lowest BCUT2D eigenvalue weighted by atomic mass is 10.0. The van der Waals surface area contributed by atoms with E-state index in [1.165, 1.54) is 12.1 Å². The summed E-state index contributed by atoms with van der Waals surface area (Å²) in [6.07, 6.45) is 4.27. The van der Waals surface area contributed by atoms with Crippen molar-refractivity contribution in [3.63, 3.8) is 0 Å². The van der Waals surface area contributed by atoms with Crippen LogP contribution in [-0.2, 0) is 9.59 Å². The summed E-state index contributed by atoms with van der Waals surface area (Å²) >= 11 is 0. The molecule has 4 fully saturated rings. The highest BCUT2D eigenvalue weighted by atomic mass is 19.1. The third-order valence-electron chi connectivity index (χ3n) is 8.32. The number of likely N-dealkylation sites (tertiary alicyclic amines) is 2. The Kier molecular flexibility index (Phi) is 6.55. The molecule has 2 unspecified atom stereocenters. The summed E-state index contributed by atoms with van der Waals surface area (Å²) in [6, 6.07) is 14.1. The second kappa shape index (κ2) is 10.0. The third kappa shape index (κ3) is 4.64. The topological polar surface area (TPSA) is 67.4 Å². The molecule has 2 aromatic rings. The molecule has 0 bridgehead atoms. The van der Waals surface area contributed by atoms with Gasteiger partial charge in [-0.2, -0.15) is 5.01 Å². The van der Waals surface area contributed by atoms with Gasteiger partial charge in [0.05, 0.1) is 6.04 Å². The Hall–Kier alpha value is -3.46. The first-order valence-electron chi connectivity index (χ1n) is 13.7. The molecule has 200 valence electrons. The zero-order chi connectivity index (χ0) is 26.4. The summed E-state index contributed by atoms with van der Waals surface area (Å²) in [4.78, 5) is 45.0. The molecular formula is C29H34FN5O3. The number of rotatable bonds is 6. The van der Waals surface area contributed by atoms with Gasteiger partial charge in [0, 0.05) is 39.1 Å². The van der Waals surface area contributed by atoms with Crippen LogP contribution < -0.4 is 0 Å². The lowest BCUT2D eigenvalue weighted by Gasteiger charge is -2.36. The highest BCUT2D eigenvalue weighted by molar-refractivity contribution is 5.85. The molecular weight excluding hydrogens is 485 g/mol. The molecule has 3 aliphatic heterocycles. The highest BCUT2D eigenvalue weighted by Gasteiger charge is 2.49. The second-order valence-corrected chi connectivity index (χ2v) is 10.9. The van der Waals surface area contributed by atoms with E-state index in [2.05, 4.69) is 0 Å². The van der Waals surface area contributed by atoms with Crippen molar-refractivity contribution in [1.82, 2.24) is 24.7 Å². The lowest BCUT2D eigenvalue weighted by molar-refractivity contribution is -0.137. The summed E-state index contributed by atoms with van der Waals surface area (Å²) in [7, 11) is 1.77. The zero-order valence-corrected chi connectivity index (χ0v) is 21.8. The zero-order valence-electron chi connectivity index (χ0n) is 21.8. The van der Waals surface area contributed by atoms with Gasteiger partial charge in [-0.3, -0.25) is 9.59 Å². The maximum atomic E-state index is 13.6. The van der Waals surface area contributed by atoms with Crippen LogP contribution in [0.3, 0.4) is 0 Å². The van der Waals surface area contributed by atoms with Gasteiger partial charge in [-0.05, 0) is 60.9 Å². The van der Waals surface area contributed by atoms with Crippen LogP contribution in [0.2, 0.25) is 0 Å². The average Bonchev–Trinajstić information content (AvgIpc) is 3.32. The van der Waals surface area contributed by atoms with Crippen molar-refractivity contribution in [2.24, 2.45) is 5.92 Å². The fourth-order valence-corrected chi connectivity index (χ4v) is 6.05. The number of carbonyl (C=O) groups is 3. The van der Waals surface area contributed by atoms with Crippen LogP contribution in [-0.4, -0.2) is 88.4 Å². The van der Waals surface area contributed by atoms with Gasteiger partial charge >= 0.3 is 6.03 Å². The Morgan fingerprint density at radius 3 is 2.13 bits per heavy atom. The van der Waals surface area contributed by atoms with Crippen LogP contribution in [0.1, 0.15) is 43.8 Å². The molecule has 2 aromatic carbocycles. The molecule has 0 aromatic heterocycles. The number of benzene rings is 2. The van der Waals surface area contributed by atoms with Crippen molar-refractivity contribution >= 4 is 17.8 Å². The second-order valence-electron chi connectivity index (χ2n) is 10.9. The lowest BCUT2D eigenvalue weighted by Crippen LogP contribution is -2.51. The molecule has 1 aliphatic carbocycles. The molecule has 3 saturated heterocycles. The fraction of sp³-hybridized carbons (Fsp3) is 0.483. The number of nitrogens with zero attached hydrogens (tertiary/aromatic N) is 5. The van der Waals surface area contributed by atoms with Gasteiger partial charge in [0.25, 0.3) is 0 Å². The summed E-state index contributed by atoms with van der Waals surface area (Å²) < 4.78 is 13.4. The van der Waals surface area contributed by atoms with Crippen LogP contribution in [0, 0.1) is 11.7 Å². The van der Waals surface area contributed by atoms with E-state index >= 15 is 0 Å². The van der Waals surface area contributed by atoms with Crippen molar-refractivity contribution in [3.05, 3.63) is 59.9 Å². The minimum atomic E-state index is -0.392. The molecule has 9 heteroatoms. The third-order valence-corrected chi connectivity index (χ3v) is 8.32. The SMILES string of the molecule is CN1C(=O)N(CC(=O)N2CCCC2)N(C2CCN(C(=O)C3CC3)C2)C1c1ccc(-c2ccc(F)cc2)cc1. The van der Waals surface area contributed by atoms with E-state index in [9.17, 15) is 18.8 Å². The number of urea groups is 1. The number of hydrogen-bond acceptors (Lipinski definition) is 4. The van der Waals surface area contributed by atoms with Crippen LogP contribution in [0.5, 0.6) is 0 Å². The van der Waals surface area contributed by atoms with Gasteiger partial charge in [-0.15, -0.1) is 0 Å². The maximum absolute atomic E-state index is 13.6. The molecule has 0 N–H and O–H groups in total. The maximum Gasteiger partial charge on any atom is 0.336 e. The monoisotopic (exact) mass is 519 g/mol. The van der Waals surface area contributed by atoms with Gasteiger partial charge in [-0.1, -0.05) is 36.4 Å². The summed E-state index contributed by atoms with van der Waals surface area (Å²) in [5.41, 5.74) is 2.79. The number of amides is 4. The first-order valence-corrected chi connectivity index (χ1v) is 13.7. The average molecular weight is 520 g/mol. The Balaban J connectivity index is 1.29.